The van der Waals surface area contributed by atoms with E-state index >= 15 is 0 Å². The Kier molecular flexibility index (Phi) is 7.42. The number of nitrogens with zero attached hydrogens (tertiary/aromatic N) is 2. The Labute approximate surface area is 184 Å². The fraction of sp³-hybridized carbons (Fsp3) is 0.565. The topological polar surface area (TPSA) is 68.4 Å². The summed E-state index contributed by atoms with van der Waals surface area (Å²) in [5.74, 6) is 1.37. The van der Waals surface area contributed by atoms with Gasteiger partial charge in [-0.25, -0.2) is 0 Å². The largest absolute Gasteiger partial charge is 0.361 e. The average Bonchev–Trinajstić information content (AvgIpc) is 3.21. The number of hydrogen-bond acceptors (Lipinski definition) is 3. The van der Waals surface area contributed by atoms with Gasteiger partial charge in [0.25, 0.3) is 5.91 Å². The molecule has 2 N–H and O–H groups in total. The first-order chi connectivity index (χ1) is 14.0. The number of likely N-dealkylation sites (tertiary alicyclic amines) is 2. The van der Waals surface area contributed by atoms with Crippen LogP contribution in [0.2, 0.25) is 0 Å². The van der Waals surface area contributed by atoms with E-state index in [0.717, 1.165) is 48.7 Å². The third kappa shape index (κ3) is 4.98. The predicted octanol–water partition coefficient (Wildman–Crippen LogP) is 3.29. The van der Waals surface area contributed by atoms with Gasteiger partial charge in [0, 0.05) is 30.4 Å². The summed E-state index contributed by atoms with van der Waals surface area (Å²) >= 11 is 0. The first-order valence-electron chi connectivity index (χ1n) is 10.9. The number of piperidine rings is 2. The lowest BCUT2D eigenvalue weighted by Crippen LogP contribution is -2.50. The molecular formula is C23H33ClN4O2. The molecule has 6 nitrogen and oxygen atoms in total. The van der Waals surface area contributed by atoms with Gasteiger partial charge in [0.15, 0.2) is 0 Å². The van der Waals surface area contributed by atoms with Gasteiger partial charge in [-0.3, -0.25) is 9.59 Å². The molecule has 0 aliphatic carbocycles. The fourth-order valence-electron chi connectivity index (χ4n) is 4.90. The minimum Gasteiger partial charge on any atom is -0.361 e. The standard InChI is InChI=1S/C23H32N4O2.ClH/c1-16(25-22(28)20-4-3-19-5-10-24-21(19)15-20)23(29)27-13-8-18(9-14-27)17-6-11-26(2)12-7-17;/h3-5,10,15-18,24H,6-9,11-14H2,1-2H3,(H,25,28);1H/t16-;/m1./s1. The number of aromatic amines is 1. The highest BCUT2D eigenvalue weighted by Gasteiger charge is 2.31. The zero-order valence-electron chi connectivity index (χ0n) is 17.9. The molecule has 1 atom stereocenters. The lowest BCUT2D eigenvalue weighted by atomic mass is 9.79. The van der Waals surface area contributed by atoms with E-state index in [9.17, 15) is 9.59 Å². The molecule has 7 heteroatoms. The van der Waals surface area contributed by atoms with Gasteiger partial charge in [-0.15, -0.1) is 12.4 Å². The first kappa shape index (κ1) is 22.6. The fourth-order valence-corrected chi connectivity index (χ4v) is 4.90. The van der Waals surface area contributed by atoms with Gasteiger partial charge >= 0.3 is 0 Å². The van der Waals surface area contributed by atoms with Crippen molar-refractivity contribution in [1.82, 2.24) is 20.1 Å². The van der Waals surface area contributed by atoms with E-state index in [1.54, 1.807) is 13.0 Å². The summed E-state index contributed by atoms with van der Waals surface area (Å²) < 4.78 is 0. The van der Waals surface area contributed by atoms with Crippen molar-refractivity contribution < 1.29 is 9.59 Å². The molecule has 2 fully saturated rings. The highest BCUT2D eigenvalue weighted by atomic mass is 35.5. The molecule has 3 heterocycles. The molecule has 2 aliphatic rings. The van der Waals surface area contributed by atoms with Crippen LogP contribution >= 0.6 is 12.4 Å². The van der Waals surface area contributed by atoms with Crippen LogP contribution in [-0.4, -0.2) is 65.9 Å². The molecule has 2 saturated heterocycles. The zero-order chi connectivity index (χ0) is 20.4. The number of aromatic nitrogens is 1. The Balaban J connectivity index is 0.00000256. The number of rotatable bonds is 4. The zero-order valence-corrected chi connectivity index (χ0v) is 18.7. The second-order valence-electron chi connectivity index (χ2n) is 8.78. The second-order valence-corrected chi connectivity index (χ2v) is 8.78. The molecule has 0 saturated carbocycles. The Morgan fingerprint density at radius 1 is 1.03 bits per heavy atom. The molecular weight excluding hydrogens is 400 g/mol. The molecule has 2 amide bonds. The predicted molar refractivity (Wildman–Crippen MR) is 122 cm³/mol. The molecule has 164 valence electrons. The van der Waals surface area contributed by atoms with Gasteiger partial charge in [0.1, 0.15) is 6.04 Å². The number of hydrogen-bond donors (Lipinski definition) is 2. The summed E-state index contributed by atoms with van der Waals surface area (Å²) in [6.45, 7) is 5.80. The van der Waals surface area contributed by atoms with Gasteiger partial charge in [0.2, 0.25) is 5.91 Å². The minimum atomic E-state index is -0.512. The summed E-state index contributed by atoms with van der Waals surface area (Å²) in [5, 5.41) is 3.95. The van der Waals surface area contributed by atoms with E-state index in [1.165, 1.54) is 25.9 Å². The van der Waals surface area contributed by atoms with Gasteiger partial charge in [-0.1, -0.05) is 6.07 Å². The van der Waals surface area contributed by atoms with Crippen LogP contribution in [0.1, 0.15) is 43.0 Å². The molecule has 4 rings (SSSR count). The Hall–Kier alpha value is -2.05. The monoisotopic (exact) mass is 432 g/mol. The number of benzene rings is 1. The number of H-pyrrole nitrogens is 1. The van der Waals surface area contributed by atoms with Crippen molar-refractivity contribution in [3.8, 4) is 0 Å². The lowest BCUT2D eigenvalue weighted by molar-refractivity contribution is -0.134. The highest BCUT2D eigenvalue weighted by molar-refractivity contribution is 6.00. The summed E-state index contributed by atoms with van der Waals surface area (Å²) in [6, 6.07) is 7.01. The molecule has 2 aromatic rings. The number of halogens is 1. The average molecular weight is 433 g/mol. The van der Waals surface area contributed by atoms with Gasteiger partial charge < -0.3 is 20.1 Å². The lowest BCUT2D eigenvalue weighted by Gasteiger charge is -2.40. The van der Waals surface area contributed by atoms with Crippen LogP contribution in [0.5, 0.6) is 0 Å². The molecule has 1 aromatic heterocycles. The maximum Gasteiger partial charge on any atom is 0.251 e. The number of amides is 2. The third-order valence-corrected chi connectivity index (χ3v) is 6.82. The van der Waals surface area contributed by atoms with Crippen molar-refractivity contribution in [3.05, 3.63) is 36.0 Å². The van der Waals surface area contributed by atoms with Crippen molar-refractivity contribution in [1.29, 1.82) is 0 Å². The van der Waals surface area contributed by atoms with E-state index in [4.69, 9.17) is 0 Å². The Bertz CT molecular complexity index is 867. The van der Waals surface area contributed by atoms with E-state index < -0.39 is 6.04 Å². The van der Waals surface area contributed by atoms with E-state index in [1.807, 2.05) is 29.3 Å². The molecule has 0 bridgehead atoms. The molecule has 1 aromatic carbocycles. The molecule has 0 unspecified atom stereocenters. The van der Waals surface area contributed by atoms with E-state index in [0.29, 0.717) is 5.56 Å². The third-order valence-electron chi connectivity index (χ3n) is 6.82. The Morgan fingerprint density at radius 2 is 1.67 bits per heavy atom. The number of carbonyl (C=O) groups excluding carboxylic acids is 2. The summed E-state index contributed by atoms with van der Waals surface area (Å²) in [4.78, 5) is 32.9. The highest BCUT2D eigenvalue weighted by Crippen LogP contribution is 2.32. The van der Waals surface area contributed by atoms with Gasteiger partial charge in [-0.2, -0.15) is 0 Å². The van der Waals surface area contributed by atoms with Crippen LogP contribution in [-0.2, 0) is 4.79 Å². The van der Waals surface area contributed by atoms with Gasteiger partial charge in [-0.05, 0) is 88.2 Å². The molecule has 30 heavy (non-hydrogen) atoms. The van der Waals surface area contributed by atoms with Crippen molar-refractivity contribution in [3.63, 3.8) is 0 Å². The number of fused-ring (bicyclic) bond motifs is 1. The quantitative estimate of drug-likeness (QED) is 0.778. The van der Waals surface area contributed by atoms with Crippen molar-refractivity contribution >= 4 is 35.1 Å². The summed E-state index contributed by atoms with van der Waals surface area (Å²) in [5.41, 5.74) is 1.49. The number of carbonyl (C=O) groups is 2. The van der Waals surface area contributed by atoms with Crippen LogP contribution in [0.4, 0.5) is 0 Å². The number of nitrogens with one attached hydrogen (secondary N) is 2. The maximum absolute atomic E-state index is 12.9. The van der Waals surface area contributed by atoms with Crippen LogP contribution in [0.3, 0.4) is 0 Å². The van der Waals surface area contributed by atoms with E-state index in [2.05, 4.69) is 22.2 Å². The van der Waals surface area contributed by atoms with Crippen LogP contribution in [0.15, 0.2) is 30.5 Å². The van der Waals surface area contributed by atoms with Crippen molar-refractivity contribution in [2.45, 2.75) is 38.6 Å². The molecule has 0 radical (unpaired) electrons. The second kappa shape index (κ2) is 9.84. The Morgan fingerprint density at radius 3 is 2.33 bits per heavy atom. The smallest absolute Gasteiger partial charge is 0.251 e. The van der Waals surface area contributed by atoms with Crippen LogP contribution < -0.4 is 5.32 Å². The van der Waals surface area contributed by atoms with Gasteiger partial charge in [0.05, 0.1) is 0 Å². The SMILES string of the molecule is C[C@@H](NC(=O)c1ccc2cc[nH]c2c1)C(=O)N1CCC(C2CCN(C)CC2)CC1.Cl. The normalized spacial score (nSPS) is 20.0. The van der Waals surface area contributed by atoms with E-state index in [-0.39, 0.29) is 24.2 Å². The van der Waals surface area contributed by atoms with Crippen molar-refractivity contribution in [2.75, 3.05) is 33.2 Å². The van der Waals surface area contributed by atoms with Crippen LogP contribution in [0.25, 0.3) is 10.9 Å². The summed E-state index contributed by atoms with van der Waals surface area (Å²) in [6.07, 6.45) is 6.60. The van der Waals surface area contributed by atoms with Crippen LogP contribution in [0, 0.1) is 11.8 Å². The summed E-state index contributed by atoms with van der Waals surface area (Å²) in [7, 11) is 2.20. The maximum atomic E-state index is 12.9. The minimum absolute atomic E-state index is 0. The first-order valence-corrected chi connectivity index (χ1v) is 10.9. The molecule has 2 aliphatic heterocycles. The van der Waals surface area contributed by atoms with Crippen molar-refractivity contribution in [2.24, 2.45) is 11.8 Å². The molecule has 0 spiro atoms.